The quantitative estimate of drug-likeness (QED) is 0.769. The summed E-state index contributed by atoms with van der Waals surface area (Å²) < 4.78 is 5.52. The molecule has 1 aliphatic rings. The number of benzene rings is 1. The van der Waals surface area contributed by atoms with Gasteiger partial charge in [-0.25, -0.2) is 9.97 Å². The van der Waals surface area contributed by atoms with Crippen molar-refractivity contribution in [1.82, 2.24) is 19.9 Å². The maximum atomic E-state index is 13.0. The summed E-state index contributed by atoms with van der Waals surface area (Å²) in [7, 11) is 0. The van der Waals surface area contributed by atoms with Crippen molar-refractivity contribution in [2.75, 3.05) is 37.7 Å². The van der Waals surface area contributed by atoms with Crippen LogP contribution in [-0.4, -0.2) is 58.5 Å². The molecule has 1 N–H and O–H groups in total. The zero-order valence-corrected chi connectivity index (χ0v) is 15.4. The number of amides is 1. The van der Waals surface area contributed by atoms with Crippen molar-refractivity contribution in [3.05, 3.63) is 48.2 Å². The summed E-state index contributed by atoms with van der Waals surface area (Å²) in [5.41, 5.74) is 2.51. The molecule has 1 aromatic carbocycles. The van der Waals surface area contributed by atoms with Gasteiger partial charge in [0.25, 0.3) is 5.91 Å². The third-order valence-electron chi connectivity index (χ3n) is 4.74. The highest BCUT2D eigenvalue weighted by molar-refractivity contribution is 5.96. The number of carbonyl (C=O) groups excluding carboxylic acids is 1. The monoisotopic (exact) mass is 365 g/mol. The Bertz CT molecular complexity index is 906. The van der Waals surface area contributed by atoms with E-state index in [-0.39, 0.29) is 5.91 Å². The number of nitrogens with one attached hydrogen (secondary N) is 1. The first-order valence-electron chi connectivity index (χ1n) is 9.33. The largest absolute Gasteiger partial charge is 0.477 e. The predicted octanol–water partition coefficient (Wildman–Crippen LogP) is 2.71. The van der Waals surface area contributed by atoms with Crippen LogP contribution >= 0.6 is 0 Å². The number of ether oxygens (including phenoxy) is 1. The molecule has 140 valence electrons. The van der Waals surface area contributed by atoms with Crippen LogP contribution in [0, 0.1) is 0 Å². The molecular weight excluding hydrogens is 342 g/mol. The zero-order valence-electron chi connectivity index (χ0n) is 15.4. The van der Waals surface area contributed by atoms with Gasteiger partial charge in [-0.05, 0) is 37.6 Å². The van der Waals surface area contributed by atoms with Gasteiger partial charge in [-0.15, -0.1) is 0 Å². The highest BCUT2D eigenvalue weighted by Crippen LogP contribution is 2.21. The summed E-state index contributed by atoms with van der Waals surface area (Å²) in [6.07, 6.45) is 2.53. The Morgan fingerprint density at radius 1 is 1.15 bits per heavy atom. The molecule has 7 nitrogen and oxygen atoms in total. The summed E-state index contributed by atoms with van der Waals surface area (Å²) in [5.74, 6) is 1.24. The number of para-hydroxylation sites is 2. The predicted molar refractivity (Wildman–Crippen MR) is 104 cm³/mol. The van der Waals surface area contributed by atoms with Crippen LogP contribution in [0.5, 0.6) is 5.88 Å². The van der Waals surface area contributed by atoms with E-state index in [0.29, 0.717) is 31.1 Å². The molecule has 0 aliphatic carbocycles. The highest BCUT2D eigenvalue weighted by atomic mass is 16.5. The van der Waals surface area contributed by atoms with Crippen molar-refractivity contribution in [3.63, 3.8) is 0 Å². The maximum Gasteiger partial charge on any atom is 0.259 e. The molecule has 7 heteroatoms. The molecule has 3 heterocycles. The number of nitrogens with zero attached hydrogens (tertiary/aromatic N) is 4. The molecule has 0 spiro atoms. The first-order chi connectivity index (χ1) is 13.3. The van der Waals surface area contributed by atoms with Gasteiger partial charge >= 0.3 is 0 Å². The van der Waals surface area contributed by atoms with E-state index in [0.717, 1.165) is 36.5 Å². The first kappa shape index (κ1) is 17.3. The van der Waals surface area contributed by atoms with Crippen molar-refractivity contribution in [1.29, 1.82) is 0 Å². The molecule has 0 atom stereocenters. The summed E-state index contributed by atoms with van der Waals surface area (Å²) in [6, 6.07) is 11.6. The van der Waals surface area contributed by atoms with Crippen LogP contribution in [0.4, 0.5) is 5.95 Å². The molecular formula is C20H23N5O2. The van der Waals surface area contributed by atoms with E-state index in [9.17, 15) is 4.79 Å². The third-order valence-corrected chi connectivity index (χ3v) is 4.74. The number of fused-ring (bicyclic) bond motifs is 1. The molecule has 1 fully saturated rings. The average molecular weight is 365 g/mol. The van der Waals surface area contributed by atoms with Crippen molar-refractivity contribution in [3.8, 4) is 5.88 Å². The number of anilines is 1. The number of aromatic amines is 1. The fourth-order valence-electron chi connectivity index (χ4n) is 3.40. The normalized spacial score (nSPS) is 15.0. The van der Waals surface area contributed by atoms with Gasteiger partial charge < -0.3 is 19.5 Å². The van der Waals surface area contributed by atoms with Gasteiger partial charge in [0.2, 0.25) is 11.8 Å². The van der Waals surface area contributed by atoms with Gasteiger partial charge in [-0.2, -0.15) is 0 Å². The number of H-pyrrole nitrogens is 1. The van der Waals surface area contributed by atoms with E-state index in [1.54, 1.807) is 18.3 Å². The van der Waals surface area contributed by atoms with Gasteiger partial charge in [-0.1, -0.05) is 12.1 Å². The minimum Gasteiger partial charge on any atom is -0.477 e. The number of carbonyl (C=O) groups is 1. The first-order valence-corrected chi connectivity index (χ1v) is 9.33. The summed E-state index contributed by atoms with van der Waals surface area (Å²) >= 11 is 0. The Balaban J connectivity index is 1.49. The Kier molecular flexibility index (Phi) is 4.91. The summed E-state index contributed by atoms with van der Waals surface area (Å²) in [5, 5.41) is 0. The molecule has 3 aromatic rings. The molecule has 4 rings (SSSR count). The average Bonchev–Trinajstić information content (AvgIpc) is 2.97. The Labute approximate surface area is 158 Å². The second-order valence-corrected chi connectivity index (χ2v) is 6.50. The van der Waals surface area contributed by atoms with E-state index < -0.39 is 0 Å². The lowest BCUT2D eigenvalue weighted by atomic mass is 10.2. The molecule has 0 bridgehead atoms. The standard InChI is InChI=1S/C20H23N5O2/c1-2-27-18-15(7-5-10-21-18)19(26)24-11-6-12-25(14-13-24)20-22-16-8-3-4-9-17(16)23-20/h3-5,7-10H,2,6,11-14H2,1H3,(H,22,23). The Morgan fingerprint density at radius 2 is 2.04 bits per heavy atom. The second kappa shape index (κ2) is 7.65. The Morgan fingerprint density at radius 3 is 2.89 bits per heavy atom. The van der Waals surface area contributed by atoms with Gasteiger partial charge in [0.15, 0.2) is 0 Å². The van der Waals surface area contributed by atoms with Gasteiger partial charge in [0.1, 0.15) is 5.56 Å². The van der Waals surface area contributed by atoms with Crippen LogP contribution in [-0.2, 0) is 0 Å². The van der Waals surface area contributed by atoms with Crippen LogP contribution in [0.15, 0.2) is 42.6 Å². The van der Waals surface area contributed by atoms with Crippen LogP contribution in [0.2, 0.25) is 0 Å². The van der Waals surface area contributed by atoms with E-state index in [1.807, 2.05) is 36.1 Å². The number of hydrogen-bond donors (Lipinski definition) is 1. The van der Waals surface area contributed by atoms with Crippen molar-refractivity contribution >= 4 is 22.9 Å². The molecule has 0 saturated carbocycles. The highest BCUT2D eigenvalue weighted by Gasteiger charge is 2.24. The second-order valence-electron chi connectivity index (χ2n) is 6.50. The number of hydrogen-bond acceptors (Lipinski definition) is 5. The van der Waals surface area contributed by atoms with Gasteiger partial charge in [0, 0.05) is 32.4 Å². The van der Waals surface area contributed by atoms with Crippen LogP contribution in [0.25, 0.3) is 11.0 Å². The fraction of sp³-hybridized carbons (Fsp3) is 0.350. The van der Waals surface area contributed by atoms with Crippen molar-refractivity contribution in [2.45, 2.75) is 13.3 Å². The van der Waals surface area contributed by atoms with Gasteiger partial charge in [0.05, 0.1) is 17.6 Å². The van der Waals surface area contributed by atoms with E-state index in [4.69, 9.17) is 4.74 Å². The number of imidazole rings is 1. The third kappa shape index (κ3) is 3.58. The lowest BCUT2D eigenvalue weighted by Gasteiger charge is -2.22. The van der Waals surface area contributed by atoms with Crippen molar-refractivity contribution < 1.29 is 9.53 Å². The summed E-state index contributed by atoms with van der Waals surface area (Å²) in [4.78, 5) is 29.3. The lowest BCUT2D eigenvalue weighted by molar-refractivity contribution is 0.0762. The minimum atomic E-state index is -0.0296. The maximum absolute atomic E-state index is 13.0. The number of aromatic nitrogens is 3. The number of pyridine rings is 1. The lowest BCUT2D eigenvalue weighted by Crippen LogP contribution is -2.35. The molecule has 1 amide bonds. The summed E-state index contributed by atoms with van der Waals surface area (Å²) in [6.45, 7) is 5.30. The molecule has 1 saturated heterocycles. The number of rotatable bonds is 4. The Hall–Kier alpha value is -3.09. The van der Waals surface area contributed by atoms with E-state index in [2.05, 4.69) is 19.9 Å². The molecule has 0 radical (unpaired) electrons. The topological polar surface area (TPSA) is 74.3 Å². The molecule has 2 aromatic heterocycles. The van der Waals surface area contributed by atoms with E-state index in [1.165, 1.54) is 0 Å². The van der Waals surface area contributed by atoms with Crippen LogP contribution < -0.4 is 9.64 Å². The van der Waals surface area contributed by atoms with Crippen molar-refractivity contribution in [2.24, 2.45) is 0 Å². The smallest absolute Gasteiger partial charge is 0.259 e. The molecule has 0 unspecified atom stereocenters. The molecule has 27 heavy (non-hydrogen) atoms. The van der Waals surface area contributed by atoms with E-state index >= 15 is 0 Å². The van der Waals surface area contributed by atoms with Crippen LogP contribution in [0.3, 0.4) is 0 Å². The molecule has 1 aliphatic heterocycles. The zero-order chi connectivity index (χ0) is 18.6. The fourth-order valence-corrected chi connectivity index (χ4v) is 3.40. The minimum absolute atomic E-state index is 0.0296. The SMILES string of the molecule is CCOc1ncccc1C(=O)N1CCCN(c2nc3ccccc3[nH]2)CC1. The van der Waals surface area contributed by atoms with Gasteiger partial charge in [-0.3, -0.25) is 4.79 Å². The van der Waals surface area contributed by atoms with Crippen LogP contribution in [0.1, 0.15) is 23.7 Å².